The van der Waals surface area contributed by atoms with Crippen molar-refractivity contribution in [1.82, 2.24) is 5.32 Å². The Morgan fingerprint density at radius 3 is 1.88 bits per heavy atom. The summed E-state index contributed by atoms with van der Waals surface area (Å²) in [4.78, 5) is 12.7. The second-order valence-electron chi connectivity index (χ2n) is 10.4. The first-order valence-electron chi connectivity index (χ1n) is 14.4. The van der Waals surface area contributed by atoms with Crippen LogP contribution in [0.2, 0.25) is 0 Å². The molecule has 1 N–H and O–H groups in total. The van der Waals surface area contributed by atoms with E-state index >= 15 is 0 Å². The van der Waals surface area contributed by atoms with Crippen LogP contribution in [0.3, 0.4) is 0 Å². The smallest absolute Gasteiger partial charge is 0.251 e. The summed E-state index contributed by atoms with van der Waals surface area (Å²) in [6, 6.07) is 6.10. The number of benzene rings is 1. The molecule has 0 saturated carbocycles. The fraction of sp³-hybridized carbons (Fsp3) is 0.710. The van der Waals surface area contributed by atoms with E-state index in [-0.39, 0.29) is 12.0 Å². The fourth-order valence-electron chi connectivity index (χ4n) is 4.84. The van der Waals surface area contributed by atoms with Crippen LogP contribution in [0.15, 0.2) is 24.3 Å². The molecule has 0 aliphatic heterocycles. The van der Waals surface area contributed by atoms with Gasteiger partial charge in [-0.2, -0.15) is 0 Å². The zero-order valence-electron chi connectivity index (χ0n) is 22.4. The lowest BCUT2D eigenvalue weighted by molar-refractivity contribution is -0.115. The summed E-state index contributed by atoms with van der Waals surface area (Å²) in [6.07, 6.45) is 24.9. The Morgan fingerprint density at radius 1 is 0.824 bits per heavy atom. The van der Waals surface area contributed by atoms with Crippen molar-refractivity contribution in [3.8, 4) is 5.75 Å². The van der Waals surface area contributed by atoms with Gasteiger partial charge in [-0.25, -0.2) is 0 Å². The number of amides is 1. The molecule has 0 heterocycles. The number of fused-ring (bicyclic) bond motifs is 1. The first-order chi connectivity index (χ1) is 16.6. The average Bonchev–Trinajstić information content (AvgIpc) is 3.24. The quantitative estimate of drug-likeness (QED) is 0.194. The molecule has 192 valence electrons. The second-order valence-corrected chi connectivity index (χ2v) is 10.4. The number of hydrogen-bond acceptors (Lipinski definition) is 2. The molecule has 3 heteroatoms. The Hall–Kier alpha value is -1.77. The molecule has 0 radical (unpaired) electrons. The molecular weight excluding hydrogens is 418 g/mol. The number of nitrogens with one attached hydrogen (secondary N) is 1. The molecule has 34 heavy (non-hydrogen) atoms. The van der Waals surface area contributed by atoms with Gasteiger partial charge < -0.3 is 10.1 Å². The Balaban J connectivity index is 1.43. The topological polar surface area (TPSA) is 38.3 Å². The highest BCUT2D eigenvalue weighted by atomic mass is 16.5. The highest BCUT2D eigenvalue weighted by Crippen LogP contribution is 2.31. The molecule has 1 amide bonds. The number of unbranched alkanes of at least 4 members (excludes halogenated alkanes) is 15. The van der Waals surface area contributed by atoms with Crippen molar-refractivity contribution < 1.29 is 9.53 Å². The van der Waals surface area contributed by atoms with Crippen LogP contribution in [0.5, 0.6) is 5.75 Å². The van der Waals surface area contributed by atoms with E-state index in [1.54, 1.807) is 0 Å². The largest absolute Gasteiger partial charge is 0.491 e. The predicted octanol–water partition coefficient (Wildman–Crippen LogP) is 8.79. The molecule has 1 aromatic rings. The van der Waals surface area contributed by atoms with E-state index in [2.05, 4.69) is 18.3 Å². The third-order valence-electron chi connectivity index (χ3n) is 6.83. The van der Waals surface area contributed by atoms with Crippen molar-refractivity contribution in [1.29, 1.82) is 0 Å². The van der Waals surface area contributed by atoms with Gasteiger partial charge in [0.05, 0.1) is 6.10 Å². The van der Waals surface area contributed by atoms with Crippen LogP contribution in [-0.2, 0) is 11.2 Å². The van der Waals surface area contributed by atoms with Crippen LogP contribution in [0, 0.1) is 0 Å². The molecule has 0 bridgehead atoms. The predicted molar refractivity (Wildman–Crippen MR) is 146 cm³/mol. The summed E-state index contributed by atoms with van der Waals surface area (Å²) in [6.45, 7) is 7.10. The van der Waals surface area contributed by atoms with Crippen LogP contribution in [0.25, 0.3) is 5.57 Å². The van der Waals surface area contributed by atoms with E-state index in [0.717, 1.165) is 36.3 Å². The van der Waals surface area contributed by atoms with E-state index in [1.807, 2.05) is 32.1 Å². The maximum Gasteiger partial charge on any atom is 0.251 e. The van der Waals surface area contributed by atoms with Crippen LogP contribution < -0.4 is 10.1 Å². The molecule has 0 unspecified atom stereocenters. The van der Waals surface area contributed by atoms with Gasteiger partial charge in [-0.05, 0) is 49.9 Å². The summed E-state index contributed by atoms with van der Waals surface area (Å²) < 4.78 is 5.81. The first kappa shape index (κ1) is 28.5. The zero-order valence-corrected chi connectivity index (χ0v) is 22.4. The van der Waals surface area contributed by atoms with Gasteiger partial charge in [-0.1, -0.05) is 115 Å². The van der Waals surface area contributed by atoms with Crippen molar-refractivity contribution in [2.75, 3.05) is 6.54 Å². The lowest BCUT2D eigenvalue weighted by Gasteiger charge is -2.12. The molecule has 1 aliphatic carbocycles. The molecule has 3 nitrogen and oxygen atoms in total. The zero-order chi connectivity index (χ0) is 24.4. The Kier molecular flexibility index (Phi) is 14.8. The van der Waals surface area contributed by atoms with Crippen molar-refractivity contribution >= 4 is 11.5 Å². The van der Waals surface area contributed by atoms with Crippen molar-refractivity contribution in [2.24, 2.45) is 0 Å². The van der Waals surface area contributed by atoms with Crippen molar-refractivity contribution in [3.63, 3.8) is 0 Å². The molecule has 2 rings (SSSR count). The van der Waals surface area contributed by atoms with E-state index < -0.39 is 0 Å². The number of ether oxygens (including phenoxy) is 1. The van der Waals surface area contributed by atoms with Gasteiger partial charge in [0.1, 0.15) is 5.75 Å². The monoisotopic (exact) mass is 469 g/mol. The van der Waals surface area contributed by atoms with Crippen LogP contribution in [-0.4, -0.2) is 18.6 Å². The van der Waals surface area contributed by atoms with Crippen LogP contribution in [0.1, 0.15) is 135 Å². The summed E-state index contributed by atoms with van der Waals surface area (Å²) in [7, 11) is 0. The average molecular weight is 470 g/mol. The van der Waals surface area contributed by atoms with E-state index in [4.69, 9.17) is 4.74 Å². The number of rotatable bonds is 20. The minimum Gasteiger partial charge on any atom is -0.491 e. The van der Waals surface area contributed by atoms with Crippen LogP contribution >= 0.6 is 0 Å². The highest BCUT2D eigenvalue weighted by Gasteiger charge is 2.20. The maximum atomic E-state index is 12.7. The fourth-order valence-corrected chi connectivity index (χ4v) is 4.84. The van der Waals surface area contributed by atoms with E-state index in [1.165, 1.54) is 102 Å². The van der Waals surface area contributed by atoms with Gasteiger partial charge in [-0.3, -0.25) is 4.79 Å². The molecular formula is C31H51NO2. The van der Waals surface area contributed by atoms with E-state index in [0.29, 0.717) is 0 Å². The van der Waals surface area contributed by atoms with Gasteiger partial charge in [0, 0.05) is 12.1 Å². The van der Waals surface area contributed by atoms with Gasteiger partial charge in [0.2, 0.25) is 0 Å². The van der Waals surface area contributed by atoms with Crippen molar-refractivity contribution in [2.45, 2.75) is 136 Å². The van der Waals surface area contributed by atoms with E-state index in [9.17, 15) is 4.79 Å². The molecule has 1 aliphatic rings. The number of carbonyl (C=O) groups excluding carboxylic acids is 1. The minimum absolute atomic E-state index is 0.0569. The first-order valence-corrected chi connectivity index (χ1v) is 14.4. The van der Waals surface area contributed by atoms with Crippen molar-refractivity contribution in [3.05, 3.63) is 35.4 Å². The molecule has 1 aromatic carbocycles. The summed E-state index contributed by atoms with van der Waals surface area (Å²) in [5, 5.41) is 3.13. The molecule has 0 spiro atoms. The Bertz CT molecular complexity index is 722. The summed E-state index contributed by atoms with van der Waals surface area (Å²) in [5.74, 6) is 0.897. The molecule has 0 aromatic heterocycles. The molecule has 0 saturated heterocycles. The SMILES string of the molecule is CCCCCCCCCCCCCCCCCCNC(=O)C1=CCc2ccc(OC(C)C)cc21. The Labute approximate surface area is 210 Å². The standard InChI is InChI=1S/C31H51NO2/c1-4-5-6-7-8-9-10-11-12-13-14-15-16-17-18-19-24-32-31(33)29-23-21-27-20-22-28(25-30(27)29)34-26(2)3/h20,22-23,25-26H,4-19,21,24H2,1-3H3,(H,32,33). The lowest BCUT2D eigenvalue weighted by atomic mass is 10.0. The minimum atomic E-state index is 0.0569. The third kappa shape index (κ3) is 11.6. The second kappa shape index (κ2) is 17.6. The number of carbonyl (C=O) groups is 1. The maximum absolute atomic E-state index is 12.7. The molecule has 0 fully saturated rings. The third-order valence-corrected chi connectivity index (χ3v) is 6.83. The normalized spacial score (nSPS) is 12.6. The summed E-state index contributed by atoms with van der Waals surface area (Å²) in [5.41, 5.74) is 3.05. The van der Waals surface area contributed by atoms with Crippen LogP contribution in [0.4, 0.5) is 0 Å². The van der Waals surface area contributed by atoms with Gasteiger partial charge in [0.15, 0.2) is 0 Å². The highest BCUT2D eigenvalue weighted by molar-refractivity contribution is 6.21. The lowest BCUT2D eigenvalue weighted by Crippen LogP contribution is -2.25. The van der Waals surface area contributed by atoms with Gasteiger partial charge >= 0.3 is 0 Å². The van der Waals surface area contributed by atoms with Gasteiger partial charge in [-0.15, -0.1) is 0 Å². The number of allylic oxidation sites excluding steroid dienone is 1. The summed E-state index contributed by atoms with van der Waals surface area (Å²) >= 11 is 0. The van der Waals surface area contributed by atoms with Gasteiger partial charge in [0.25, 0.3) is 5.91 Å². The Morgan fingerprint density at radius 2 is 1.35 bits per heavy atom. The molecule has 0 atom stereocenters. The number of hydrogen-bond donors (Lipinski definition) is 1.